The molecule has 0 amide bonds. The first-order valence-electron chi connectivity index (χ1n) is 18.4. The van der Waals surface area contributed by atoms with Gasteiger partial charge in [0.1, 0.15) is 11.5 Å². The Bertz CT molecular complexity index is 2770. The van der Waals surface area contributed by atoms with Crippen LogP contribution in [0.3, 0.4) is 0 Å². The van der Waals surface area contributed by atoms with Gasteiger partial charge in [-0.1, -0.05) is 164 Å². The fourth-order valence-electron chi connectivity index (χ4n) is 7.89. The zero-order valence-corrected chi connectivity index (χ0v) is 29.6. The van der Waals surface area contributed by atoms with Gasteiger partial charge in [-0.3, -0.25) is 0 Å². The second-order valence-electron chi connectivity index (χ2n) is 13.7. The Morgan fingerprint density at radius 3 is 1.61 bits per heavy atom. The first kappa shape index (κ1) is 31.6. The van der Waals surface area contributed by atoms with Crippen molar-refractivity contribution in [1.82, 2.24) is 0 Å². The maximum Gasteiger partial charge on any atom is 0.137 e. The molecule has 254 valence electrons. The molecule has 54 heavy (non-hydrogen) atoms. The Balaban J connectivity index is 1.23. The van der Waals surface area contributed by atoms with Crippen molar-refractivity contribution >= 4 is 27.8 Å². The molecule has 1 heterocycles. The van der Waals surface area contributed by atoms with Gasteiger partial charge in [0.05, 0.1) is 5.69 Å². The van der Waals surface area contributed by atoms with Crippen molar-refractivity contribution in [2.24, 2.45) is 0 Å². The van der Waals surface area contributed by atoms with Crippen molar-refractivity contribution in [3.8, 4) is 67.1 Å². The standard InChI is InChI=1S/C52H35NO/c1-4-14-36(15-5-1)39-26-30-43(31-27-39)53(44-32-28-38-18-10-11-21-41(38)34-44)48-24-13-25-49-52(48)47-23-12-22-45(40-19-8-3-9-20-40)51(47)46-33-29-42(35-50(46)54-49)37-16-6-2-7-17-37/h1-35H. The van der Waals surface area contributed by atoms with E-state index in [9.17, 15) is 0 Å². The number of fused-ring (bicyclic) bond motifs is 6. The van der Waals surface area contributed by atoms with Crippen molar-refractivity contribution < 1.29 is 4.74 Å². The molecule has 10 rings (SSSR count). The highest BCUT2D eigenvalue weighted by Gasteiger charge is 2.29. The molecule has 0 aromatic heterocycles. The van der Waals surface area contributed by atoms with Crippen molar-refractivity contribution in [2.75, 3.05) is 4.90 Å². The highest BCUT2D eigenvalue weighted by molar-refractivity contribution is 6.04. The first-order chi connectivity index (χ1) is 26.8. The van der Waals surface area contributed by atoms with Crippen molar-refractivity contribution in [3.63, 3.8) is 0 Å². The van der Waals surface area contributed by atoms with Gasteiger partial charge in [-0.05, 0) is 98.2 Å². The van der Waals surface area contributed by atoms with Crippen LogP contribution in [0.4, 0.5) is 17.1 Å². The summed E-state index contributed by atoms with van der Waals surface area (Å²) in [6.45, 7) is 0. The molecular weight excluding hydrogens is 655 g/mol. The SMILES string of the molecule is c1ccc(-c2ccc(N(c3ccc4ccccc4c3)c3cccc4c3-c3cccc(-c5ccccc5)c3-c3ccc(-c5ccccc5)cc3O4)cc2)cc1. The molecule has 0 bridgehead atoms. The van der Waals surface area contributed by atoms with Crippen LogP contribution in [0.15, 0.2) is 212 Å². The van der Waals surface area contributed by atoms with Gasteiger partial charge in [-0.25, -0.2) is 0 Å². The lowest BCUT2D eigenvalue weighted by Gasteiger charge is -2.29. The summed E-state index contributed by atoms with van der Waals surface area (Å²) in [6, 6.07) is 75.8. The lowest BCUT2D eigenvalue weighted by molar-refractivity contribution is 0.488. The number of hydrogen-bond acceptors (Lipinski definition) is 2. The third-order valence-electron chi connectivity index (χ3n) is 10.5. The number of benzene rings is 9. The molecule has 0 saturated heterocycles. The van der Waals surface area contributed by atoms with Crippen LogP contribution in [0.1, 0.15) is 0 Å². The largest absolute Gasteiger partial charge is 0.456 e. The van der Waals surface area contributed by atoms with Crippen LogP contribution in [0, 0.1) is 0 Å². The number of nitrogens with zero attached hydrogens (tertiary/aromatic N) is 1. The molecule has 0 aliphatic carbocycles. The molecule has 2 heteroatoms. The number of anilines is 3. The van der Waals surface area contributed by atoms with E-state index in [0.717, 1.165) is 73.1 Å². The lowest BCUT2D eigenvalue weighted by Crippen LogP contribution is -2.11. The molecule has 0 saturated carbocycles. The minimum atomic E-state index is 0.814. The maximum absolute atomic E-state index is 7.12. The van der Waals surface area contributed by atoms with E-state index in [4.69, 9.17) is 4.74 Å². The summed E-state index contributed by atoms with van der Waals surface area (Å²) in [5.41, 5.74) is 14.5. The van der Waals surface area contributed by atoms with E-state index in [-0.39, 0.29) is 0 Å². The van der Waals surface area contributed by atoms with Crippen LogP contribution < -0.4 is 9.64 Å². The average molecular weight is 690 g/mol. The monoisotopic (exact) mass is 689 g/mol. The molecule has 0 radical (unpaired) electrons. The Morgan fingerprint density at radius 2 is 0.870 bits per heavy atom. The zero-order chi connectivity index (χ0) is 35.8. The third-order valence-corrected chi connectivity index (χ3v) is 10.5. The molecule has 1 aliphatic heterocycles. The molecule has 0 N–H and O–H groups in total. The normalized spacial score (nSPS) is 11.5. The fourth-order valence-corrected chi connectivity index (χ4v) is 7.89. The number of hydrogen-bond donors (Lipinski definition) is 0. The van der Waals surface area contributed by atoms with Gasteiger partial charge in [0.2, 0.25) is 0 Å². The fraction of sp³-hybridized carbons (Fsp3) is 0. The van der Waals surface area contributed by atoms with E-state index < -0.39 is 0 Å². The number of ether oxygens (including phenoxy) is 1. The molecule has 2 nitrogen and oxygen atoms in total. The van der Waals surface area contributed by atoms with Gasteiger partial charge in [0.15, 0.2) is 0 Å². The Hall–Kier alpha value is -7.16. The summed E-state index contributed by atoms with van der Waals surface area (Å²) in [5, 5.41) is 2.39. The van der Waals surface area contributed by atoms with Crippen LogP contribution in [-0.4, -0.2) is 0 Å². The zero-order valence-electron chi connectivity index (χ0n) is 29.6. The topological polar surface area (TPSA) is 12.5 Å². The molecule has 0 unspecified atom stereocenters. The highest BCUT2D eigenvalue weighted by Crippen LogP contribution is 2.55. The van der Waals surface area contributed by atoms with Crippen LogP contribution in [0.2, 0.25) is 0 Å². The first-order valence-corrected chi connectivity index (χ1v) is 18.4. The summed E-state index contributed by atoms with van der Waals surface area (Å²) in [7, 11) is 0. The summed E-state index contributed by atoms with van der Waals surface area (Å²) >= 11 is 0. The number of rotatable bonds is 6. The smallest absolute Gasteiger partial charge is 0.137 e. The quantitative estimate of drug-likeness (QED) is 0.172. The molecule has 9 aromatic carbocycles. The van der Waals surface area contributed by atoms with Crippen LogP contribution in [0.25, 0.3) is 66.4 Å². The predicted molar refractivity (Wildman–Crippen MR) is 226 cm³/mol. The van der Waals surface area contributed by atoms with Gasteiger partial charge in [-0.15, -0.1) is 0 Å². The van der Waals surface area contributed by atoms with E-state index in [0.29, 0.717) is 0 Å². The van der Waals surface area contributed by atoms with Gasteiger partial charge >= 0.3 is 0 Å². The van der Waals surface area contributed by atoms with Gasteiger partial charge < -0.3 is 9.64 Å². The van der Waals surface area contributed by atoms with Crippen molar-refractivity contribution in [1.29, 1.82) is 0 Å². The van der Waals surface area contributed by atoms with Gasteiger partial charge in [0, 0.05) is 28.1 Å². The Labute approximate surface area is 315 Å². The Kier molecular flexibility index (Phi) is 7.85. The van der Waals surface area contributed by atoms with Gasteiger partial charge in [0.25, 0.3) is 0 Å². The molecule has 0 fully saturated rings. The van der Waals surface area contributed by atoms with E-state index in [1.54, 1.807) is 0 Å². The van der Waals surface area contributed by atoms with Gasteiger partial charge in [-0.2, -0.15) is 0 Å². The summed E-state index contributed by atoms with van der Waals surface area (Å²) in [5.74, 6) is 1.65. The summed E-state index contributed by atoms with van der Waals surface area (Å²) in [6.07, 6.45) is 0. The highest BCUT2D eigenvalue weighted by atomic mass is 16.5. The van der Waals surface area contributed by atoms with Crippen LogP contribution in [0.5, 0.6) is 11.5 Å². The minimum Gasteiger partial charge on any atom is -0.456 e. The Morgan fingerprint density at radius 1 is 0.296 bits per heavy atom. The van der Waals surface area contributed by atoms with E-state index in [2.05, 4.69) is 217 Å². The summed E-state index contributed by atoms with van der Waals surface area (Å²) < 4.78 is 7.12. The summed E-state index contributed by atoms with van der Waals surface area (Å²) in [4.78, 5) is 2.38. The van der Waals surface area contributed by atoms with E-state index >= 15 is 0 Å². The molecular formula is C52H35NO. The minimum absolute atomic E-state index is 0.814. The van der Waals surface area contributed by atoms with Crippen molar-refractivity contribution in [3.05, 3.63) is 212 Å². The lowest BCUT2D eigenvalue weighted by atomic mass is 9.86. The average Bonchev–Trinajstić information content (AvgIpc) is 3.39. The predicted octanol–water partition coefficient (Wildman–Crippen LogP) is 14.8. The molecule has 1 aliphatic rings. The molecule has 0 atom stereocenters. The van der Waals surface area contributed by atoms with Crippen molar-refractivity contribution in [2.45, 2.75) is 0 Å². The van der Waals surface area contributed by atoms with Crippen LogP contribution >= 0.6 is 0 Å². The maximum atomic E-state index is 7.12. The second kappa shape index (κ2) is 13.4. The third kappa shape index (κ3) is 5.62. The van der Waals surface area contributed by atoms with E-state index in [1.165, 1.54) is 21.9 Å². The second-order valence-corrected chi connectivity index (χ2v) is 13.7. The molecule has 0 spiro atoms. The van der Waals surface area contributed by atoms with Crippen LogP contribution in [-0.2, 0) is 0 Å². The molecule has 9 aromatic rings. The van der Waals surface area contributed by atoms with E-state index in [1.807, 2.05) is 0 Å².